The molecular weight excluding hydrogens is 403 g/mol. The lowest BCUT2D eigenvalue weighted by molar-refractivity contribution is -0.161. The molecule has 1 saturated heterocycles. The van der Waals surface area contributed by atoms with E-state index < -0.39 is 23.9 Å². The molecule has 1 aliphatic heterocycles. The van der Waals surface area contributed by atoms with Gasteiger partial charge in [0.05, 0.1) is 28.2 Å². The SMILES string of the molecule is CC(C)(C)OC(=O)C1CCC(Oc2ccc(B3OC(C)(C)C(C)(C)O3)cc2Cl)CC1. The van der Waals surface area contributed by atoms with Crippen LogP contribution in [0.3, 0.4) is 0 Å². The van der Waals surface area contributed by atoms with Gasteiger partial charge in [-0.05, 0) is 91.7 Å². The first kappa shape index (κ1) is 23.4. The largest absolute Gasteiger partial charge is 0.494 e. The Kier molecular flexibility index (Phi) is 6.53. The van der Waals surface area contributed by atoms with Gasteiger partial charge in [-0.1, -0.05) is 17.7 Å². The number of hydrogen-bond donors (Lipinski definition) is 0. The zero-order valence-electron chi connectivity index (χ0n) is 19.2. The summed E-state index contributed by atoms with van der Waals surface area (Å²) in [6, 6.07) is 5.67. The van der Waals surface area contributed by atoms with Crippen molar-refractivity contribution >= 4 is 30.2 Å². The van der Waals surface area contributed by atoms with Crippen LogP contribution in [0, 0.1) is 5.92 Å². The van der Waals surface area contributed by atoms with Gasteiger partial charge in [0.25, 0.3) is 0 Å². The van der Waals surface area contributed by atoms with Crippen LogP contribution < -0.4 is 10.2 Å². The van der Waals surface area contributed by atoms with Crippen LogP contribution in [0.2, 0.25) is 5.02 Å². The molecule has 3 rings (SSSR count). The van der Waals surface area contributed by atoms with Gasteiger partial charge in [-0.3, -0.25) is 4.79 Å². The van der Waals surface area contributed by atoms with Gasteiger partial charge < -0.3 is 18.8 Å². The molecule has 0 bridgehead atoms. The van der Waals surface area contributed by atoms with Crippen LogP contribution in [0.5, 0.6) is 5.75 Å². The summed E-state index contributed by atoms with van der Waals surface area (Å²) in [5.74, 6) is 0.494. The molecule has 0 radical (unpaired) electrons. The van der Waals surface area contributed by atoms with Gasteiger partial charge in [0.15, 0.2) is 0 Å². The van der Waals surface area contributed by atoms with Crippen LogP contribution in [-0.4, -0.2) is 36.0 Å². The second kappa shape index (κ2) is 8.36. The van der Waals surface area contributed by atoms with Crippen molar-refractivity contribution in [2.45, 2.75) is 97.1 Å². The smallest absolute Gasteiger partial charge is 0.489 e. The van der Waals surface area contributed by atoms with Crippen LogP contribution in [0.4, 0.5) is 0 Å². The average molecular weight is 437 g/mol. The third kappa shape index (κ3) is 5.32. The van der Waals surface area contributed by atoms with Gasteiger partial charge in [0.2, 0.25) is 0 Å². The Morgan fingerprint density at radius 1 is 1.07 bits per heavy atom. The van der Waals surface area contributed by atoms with E-state index in [1.165, 1.54) is 0 Å². The topological polar surface area (TPSA) is 54.0 Å². The predicted molar refractivity (Wildman–Crippen MR) is 119 cm³/mol. The first-order chi connectivity index (χ1) is 13.8. The van der Waals surface area contributed by atoms with E-state index in [-0.39, 0.29) is 18.0 Å². The van der Waals surface area contributed by atoms with Crippen molar-refractivity contribution in [3.05, 3.63) is 23.2 Å². The number of halogens is 1. The van der Waals surface area contributed by atoms with E-state index in [1.807, 2.05) is 66.7 Å². The molecule has 0 aromatic heterocycles. The molecule has 30 heavy (non-hydrogen) atoms. The number of ether oxygens (including phenoxy) is 2. The Bertz CT molecular complexity index is 762. The third-order valence-electron chi connectivity index (χ3n) is 6.19. The second-order valence-corrected chi connectivity index (χ2v) is 10.8. The molecule has 1 aromatic carbocycles. The van der Waals surface area contributed by atoms with Crippen molar-refractivity contribution < 1.29 is 23.6 Å². The minimum absolute atomic E-state index is 0.0453. The number of rotatable bonds is 4. The normalized spacial score (nSPS) is 25.8. The zero-order chi connectivity index (χ0) is 22.3. The highest BCUT2D eigenvalue weighted by molar-refractivity contribution is 6.62. The van der Waals surface area contributed by atoms with E-state index in [2.05, 4.69) is 0 Å². The lowest BCUT2D eigenvalue weighted by Crippen LogP contribution is -2.41. The Labute approximate surface area is 185 Å². The lowest BCUT2D eigenvalue weighted by Gasteiger charge is -2.32. The summed E-state index contributed by atoms with van der Waals surface area (Å²) < 4.78 is 23.9. The Hall–Kier alpha value is -1.24. The molecule has 0 unspecified atom stereocenters. The molecule has 0 spiro atoms. The second-order valence-electron chi connectivity index (χ2n) is 10.4. The molecule has 0 N–H and O–H groups in total. The maximum atomic E-state index is 12.3. The van der Waals surface area contributed by atoms with Crippen molar-refractivity contribution in [3.63, 3.8) is 0 Å². The molecule has 0 amide bonds. The third-order valence-corrected chi connectivity index (χ3v) is 6.48. The summed E-state index contributed by atoms with van der Waals surface area (Å²) in [7, 11) is -0.453. The van der Waals surface area contributed by atoms with Crippen molar-refractivity contribution in [1.29, 1.82) is 0 Å². The van der Waals surface area contributed by atoms with E-state index >= 15 is 0 Å². The van der Waals surface area contributed by atoms with Gasteiger partial charge in [-0.2, -0.15) is 0 Å². The fourth-order valence-corrected chi connectivity index (χ4v) is 3.95. The molecule has 1 heterocycles. The predicted octanol–water partition coefficient (Wildman–Crippen LogP) is 4.92. The van der Waals surface area contributed by atoms with Crippen LogP contribution >= 0.6 is 11.6 Å². The Balaban J connectivity index is 1.57. The first-order valence-electron chi connectivity index (χ1n) is 10.8. The van der Waals surface area contributed by atoms with Crippen molar-refractivity contribution in [2.24, 2.45) is 5.92 Å². The fourth-order valence-electron chi connectivity index (χ4n) is 3.72. The maximum absolute atomic E-state index is 12.3. The standard InChI is InChI=1S/C23H34BClO5/c1-21(2,3)28-20(26)15-8-11-17(12-9-15)27-19-13-10-16(14-18(19)25)24-29-22(4,5)23(6,7)30-24/h10,13-15,17H,8-9,11-12H2,1-7H3. The summed E-state index contributed by atoms with van der Waals surface area (Å²) in [6.45, 7) is 13.8. The quantitative estimate of drug-likeness (QED) is 0.495. The summed E-state index contributed by atoms with van der Waals surface area (Å²) in [5, 5.41) is 0.538. The van der Waals surface area contributed by atoms with Gasteiger partial charge in [-0.25, -0.2) is 0 Å². The number of esters is 1. The van der Waals surface area contributed by atoms with Gasteiger partial charge in [0.1, 0.15) is 11.4 Å². The van der Waals surface area contributed by atoms with E-state index in [0.717, 1.165) is 31.1 Å². The summed E-state index contributed by atoms with van der Waals surface area (Å²) in [5.41, 5.74) is -0.366. The molecule has 166 valence electrons. The van der Waals surface area contributed by atoms with Crippen molar-refractivity contribution in [1.82, 2.24) is 0 Å². The summed E-state index contributed by atoms with van der Waals surface area (Å²) >= 11 is 6.51. The van der Waals surface area contributed by atoms with Gasteiger partial charge >= 0.3 is 13.1 Å². The van der Waals surface area contributed by atoms with Crippen LogP contribution in [0.25, 0.3) is 0 Å². The van der Waals surface area contributed by atoms with Gasteiger partial charge in [-0.15, -0.1) is 0 Å². The van der Waals surface area contributed by atoms with Crippen molar-refractivity contribution in [2.75, 3.05) is 0 Å². The molecule has 2 fully saturated rings. The van der Waals surface area contributed by atoms with Gasteiger partial charge in [0, 0.05) is 0 Å². The molecule has 0 atom stereocenters. The Morgan fingerprint density at radius 3 is 2.13 bits per heavy atom. The molecule has 2 aliphatic rings. The highest BCUT2D eigenvalue weighted by Gasteiger charge is 2.51. The van der Waals surface area contributed by atoms with Crippen molar-refractivity contribution in [3.8, 4) is 5.75 Å². The molecule has 7 heteroatoms. The summed E-state index contributed by atoms with van der Waals surface area (Å²) in [4.78, 5) is 12.3. The average Bonchev–Trinajstić information content (AvgIpc) is 2.83. The number of carbonyl (C=O) groups excluding carboxylic acids is 1. The molecule has 5 nitrogen and oxygen atoms in total. The summed E-state index contributed by atoms with van der Waals surface area (Å²) in [6.07, 6.45) is 3.19. The lowest BCUT2D eigenvalue weighted by atomic mass is 9.79. The van der Waals surface area contributed by atoms with E-state index in [4.69, 9.17) is 30.4 Å². The number of hydrogen-bond acceptors (Lipinski definition) is 5. The number of benzene rings is 1. The molecule has 1 saturated carbocycles. The fraction of sp³-hybridized carbons (Fsp3) is 0.696. The van der Waals surface area contributed by atoms with E-state index in [0.29, 0.717) is 10.8 Å². The minimum Gasteiger partial charge on any atom is -0.489 e. The monoisotopic (exact) mass is 436 g/mol. The molecule has 1 aromatic rings. The van der Waals surface area contributed by atoms with E-state index in [1.54, 1.807) is 0 Å². The highest BCUT2D eigenvalue weighted by atomic mass is 35.5. The zero-order valence-corrected chi connectivity index (χ0v) is 20.0. The highest BCUT2D eigenvalue weighted by Crippen LogP contribution is 2.37. The number of carbonyl (C=O) groups is 1. The first-order valence-corrected chi connectivity index (χ1v) is 11.2. The van der Waals surface area contributed by atoms with E-state index in [9.17, 15) is 4.79 Å². The van der Waals surface area contributed by atoms with Crippen LogP contribution in [-0.2, 0) is 18.8 Å². The Morgan fingerprint density at radius 2 is 1.63 bits per heavy atom. The minimum atomic E-state index is -0.453. The molecular formula is C23H34BClO5. The van der Waals surface area contributed by atoms with Crippen LogP contribution in [0.15, 0.2) is 18.2 Å². The maximum Gasteiger partial charge on any atom is 0.494 e. The molecule has 1 aliphatic carbocycles. The van der Waals surface area contributed by atoms with Crippen LogP contribution in [0.1, 0.15) is 74.1 Å².